The number of nitrogens with zero attached hydrogens (tertiary/aromatic N) is 1. The molecule has 1 saturated carbocycles. The second-order valence-electron chi connectivity index (χ2n) is 7.32. The van der Waals surface area contributed by atoms with Crippen molar-refractivity contribution in [1.82, 2.24) is 4.57 Å². The molecule has 1 heterocycles. The van der Waals surface area contributed by atoms with Crippen molar-refractivity contribution in [3.8, 4) is 0 Å². The van der Waals surface area contributed by atoms with Crippen LogP contribution in [0.3, 0.4) is 0 Å². The molecule has 2 aliphatic rings. The van der Waals surface area contributed by atoms with E-state index in [0.29, 0.717) is 12.2 Å². The molecular weight excluding hydrogens is 234 g/mol. The number of rotatable bonds is 3. The monoisotopic (exact) mass is 259 g/mol. The quantitative estimate of drug-likeness (QED) is 0.799. The lowest BCUT2D eigenvalue weighted by atomic mass is 9.76. The van der Waals surface area contributed by atoms with Gasteiger partial charge >= 0.3 is 0 Å². The SMILES string of the molecule is Cc1cc2c(n1CCC1CCC1)CC(C)(C)CC2=O. The molecule has 0 spiro atoms. The number of fused-ring (bicyclic) bond motifs is 1. The maximum atomic E-state index is 12.3. The Morgan fingerprint density at radius 2 is 2.05 bits per heavy atom. The number of carbonyl (C=O) groups is 1. The molecule has 3 rings (SSSR count). The molecule has 2 heteroatoms. The van der Waals surface area contributed by atoms with Crippen LogP contribution in [-0.4, -0.2) is 10.4 Å². The molecule has 1 aromatic heterocycles. The highest BCUT2D eigenvalue weighted by molar-refractivity contribution is 5.99. The van der Waals surface area contributed by atoms with Crippen LogP contribution >= 0.6 is 0 Å². The lowest BCUT2D eigenvalue weighted by Gasteiger charge is -2.31. The minimum atomic E-state index is 0.128. The van der Waals surface area contributed by atoms with Gasteiger partial charge in [0.25, 0.3) is 0 Å². The Hall–Kier alpha value is -1.05. The molecule has 104 valence electrons. The predicted molar refractivity (Wildman–Crippen MR) is 77.6 cm³/mol. The van der Waals surface area contributed by atoms with Crippen LogP contribution in [-0.2, 0) is 13.0 Å². The Morgan fingerprint density at radius 1 is 1.32 bits per heavy atom. The zero-order chi connectivity index (χ0) is 13.6. The summed E-state index contributed by atoms with van der Waals surface area (Å²) >= 11 is 0. The molecular formula is C17H25NO. The Balaban J connectivity index is 1.85. The maximum Gasteiger partial charge on any atom is 0.165 e. The van der Waals surface area contributed by atoms with Crippen molar-refractivity contribution in [3.63, 3.8) is 0 Å². The van der Waals surface area contributed by atoms with E-state index in [2.05, 4.69) is 31.4 Å². The topological polar surface area (TPSA) is 22.0 Å². The summed E-state index contributed by atoms with van der Waals surface area (Å²) in [6.45, 7) is 7.69. The van der Waals surface area contributed by atoms with Gasteiger partial charge in [0.2, 0.25) is 0 Å². The highest BCUT2D eigenvalue weighted by Gasteiger charge is 2.33. The van der Waals surface area contributed by atoms with Gasteiger partial charge in [0, 0.05) is 29.9 Å². The summed E-state index contributed by atoms with van der Waals surface area (Å²) in [4.78, 5) is 12.3. The van der Waals surface area contributed by atoms with Gasteiger partial charge in [-0.05, 0) is 37.2 Å². The molecule has 2 nitrogen and oxygen atoms in total. The minimum absolute atomic E-state index is 0.128. The molecule has 0 saturated heterocycles. The first-order valence-electron chi connectivity index (χ1n) is 7.68. The fraction of sp³-hybridized carbons (Fsp3) is 0.706. The minimum Gasteiger partial charge on any atom is -0.348 e. The van der Waals surface area contributed by atoms with Crippen molar-refractivity contribution in [2.45, 2.75) is 65.8 Å². The van der Waals surface area contributed by atoms with Gasteiger partial charge in [-0.1, -0.05) is 33.1 Å². The molecule has 0 aliphatic heterocycles. The van der Waals surface area contributed by atoms with Gasteiger partial charge in [0.05, 0.1) is 0 Å². The molecule has 19 heavy (non-hydrogen) atoms. The van der Waals surface area contributed by atoms with Gasteiger partial charge in [-0.15, -0.1) is 0 Å². The molecule has 2 aliphatic carbocycles. The zero-order valence-corrected chi connectivity index (χ0v) is 12.5. The Bertz CT molecular complexity index is 506. The van der Waals surface area contributed by atoms with Crippen LogP contribution in [0.1, 0.15) is 67.7 Å². The fourth-order valence-corrected chi connectivity index (χ4v) is 3.61. The Labute approximate surface area is 116 Å². The molecule has 0 radical (unpaired) electrons. The van der Waals surface area contributed by atoms with E-state index in [9.17, 15) is 4.79 Å². The fourth-order valence-electron chi connectivity index (χ4n) is 3.61. The number of aryl methyl sites for hydroxylation is 1. The van der Waals surface area contributed by atoms with Crippen molar-refractivity contribution < 1.29 is 4.79 Å². The summed E-state index contributed by atoms with van der Waals surface area (Å²) in [6.07, 6.45) is 7.27. The number of hydrogen-bond donors (Lipinski definition) is 0. The Kier molecular flexibility index (Phi) is 3.07. The van der Waals surface area contributed by atoms with E-state index in [1.165, 1.54) is 37.1 Å². The smallest absolute Gasteiger partial charge is 0.165 e. The van der Waals surface area contributed by atoms with Gasteiger partial charge < -0.3 is 4.57 Å². The third-order valence-electron chi connectivity index (χ3n) is 4.99. The third-order valence-corrected chi connectivity index (χ3v) is 4.99. The van der Waals surface area contributed by atoms with E-state index < -0.39 is 0 Å². The van der Waals surface area contributed by atoms with Gasteiger partial charge in [-0.25, -0.2) is 0 Å². The van der Waals surface area contributed by atoms with Gasteiger partial charge in [-0.2, -0.15) is 0 Å². The number of aromatic nitrogens is 1. The normalized spacial score (nSPS) is 22.2. The second-order valence-corrected chi connectivity index (χ2v) is 7.32. The Morgan fingerprint density at radius 3 is 2.68 bits per heavy atom. The average molecular weight is 259 g/mol. The summed E-state index contributed by atoms with van der Waals surface area (Å²) in [7, 11) is 0. The number of Topliss-reactive ketones (excluding diaryl/α,β-unsaturated/α-hetero) is 1. The van der Waals surface area contributed by atoms with Crippen molar-refractivity contribution in [2.75, 3.05) is 0 Å². The number of hydrogen-bond acceptors (Lipinski definition) is 1. The molecule has 0 atom stereocenters. The summed E-state index contributed by atoms with van der Waals surface area (Å²) < 4.78 is 2.42. The first-order chi connectivity index (χ1) is 8.96. The number of carbonyl (C=O) groups excluding carboxylic acids is 1. The van der Waals surface area contributed by atoms with Gasteiger partial charge in [-0.3, -0.25) is 4.79 Å². The van der Waals surface area contributed by atoms with E-state index in [0.717, 1.165) is 24.4 Å². The molecule has 0 bridgehead atoms. The molecule has 0 amide bonds. The largest absolute Gasteiger partial charge is 0.348 e. The van der Waals surface area contributed by atoms with Crippen LogP contribution < -0.4 is 0 Å². The van der Waals surface area contributed by atoms with E-state index in [4.69, 9.17) is 0 Å². The first kappa shape index (κ1) is 13.0. The van der Waals surface area contributed by atoms with Crippen LogP contribution in [0.5, 0.6) is 0 Å². The van der Waals surface area contributed by atoms with Crippen molar-refractivity contribution in [1.29, 1.82) is 0 Å². The third kappa shape index (κ3) is 2.37. The highest BCUT2D eigenvalue weighted by atomic mass is 16.1. The molecule has 1 aromatic rings. The van der Waals surface area contributed by atoms with E-state index >= 15 is 0 Å². The number of ketones is 1. The van der Waals surface area contributed by atoms with Crippen molar-refractivity contribution in [2.24, 2.45) is 11.3 Å². The van der Waals surface area contributed by atoms with E-state index in [-0.39, 0.29) is 5.41 Å². The summed E-state index contributed by atoms with van der Waals surface area (Å²) in [5.74, 6) is 1.28. The second kappa shape index (κ2) is 4.50. The van der Waals surface area contributed by atoms with Gasteiger partial charge in [0.1, 0.15) is 0 Å². The predicted octanol–water partition coefficient (Wildman–Crippen LogP) is 4.14. The summed E-state index contributed by atoms with van der Waals surface area (Å²) in [6, 6.07) is 2.12. The van der Waals surface area contributed by atoms with Gasteiger partial charge in [0.15, 0.2) is 5.78 Å². The van der Waals surface area contributed by atoms with Crippen LogP contribution in [0.4, 0.5) is 0 Å². The van der Waals surface area contributed by atoms with Crippen molar-refractivity contribution in [3.05, 3.63) is 23.0 Å². The van der Waals surface area contributed by atoms with E-state index in [1.54, 1.807) is 0 Å². The lowest BCUT2D eigenvalue weighted by molar-refractivity contribution is 0.0909. The van der Waals surface area contributed by atoms with Crippen LogP contribution in [0.15, 0.2) is 6.07 Å². The first-order valence-corrected chi connectivity index (χ1v) is 7.68. The van der Waals surface area contributed by atoms with Crippen LogP contribution in [0.25, 0.3) is 0 Å². The van der Waals surface area contributed by atoms with Crippen molar-refractivity contribution >= 4 is 5.78 Å². The van der Waals surface area contributed by atoms with Crippen LogP contribution in [0.2, 0.25) is 0 Å². The highest BCUT2D eigenvalue weighted by Crippen LogP contribution is 2.37. The van der Waals surface area contributed by atoms with E-state index in [1.807, 2.05) is 0 Å². The zero-order valence-electron chi connectivity index (χ0n) is 12.5. The standard InChI is InChI=1S/C17H25NO/c1-12-9-14-15(10-17(2,3)11-16(14)19)18(12)8-7-13-5-4-6-13/h9,13H,4-8,10-11H2,1-3H3. The average Bonchev–Trinajstić information content (AvgIpc) is 2.53. The summed E-state index contributed by atoms with van der Waals surface area (Å²) in [5, 5.41) is 0. The van der Waals surface area contributed by atoms with Crippen LogP contribution in [0, 0.1) is 18.3 Å². The lowest BCUT2D eigenvalue weighted by Crippen LogP contribution is -2.28. The summed E-state index contributed by atoms with van der Waals surface area (Å²) in [5.41, 5.74) is 3.71. The molecule has 0 N–H and O–H groups in total. The maximum absolute atomic E-state index is 12.3. The molecule has 1 fully saturated rings. The molecule has 0 aromatic carbocycles. The molecule has 0 unspecified atom stereocenters.